The van der Waals surface area contributed by atoms with Gasteiger partial charge in [0.2, 0.25) is 10.0 Å². The molecule has 1 atom stereocenters. The maximum absolute atomic E-state index is 13.7. The van der Waals surface area contributed by atoms with Crippen molar-refractivity contribution in [2.24, 2.45) is 0 Å². The lowest BCUT2D eigenvalue weighted by atomic mass is 10.0. The average molecular weight is 517 g/mol. The fraction of sp³-hybridized carbons (Fsp3) is 0.174. The van der Waals surface area contributed by atoms with Crippen LogP contribution in [0.2, 0.25) is 0 Å². The summed E-state index contributed by atoms with van der Waals surface area (Å²) in [6, 6.07) is 6.68. The second kappa shape index (κ2) is 9.24. The molecule has 2 heterocycles. The van der Waals surface area contributed by atoms with Gasteiger partial charge in [0.1, 0.15) is 11.3 Å². The minimum absolute atomic E-state index is 0.0157. The maximum atomic E-state index is 13.7. The van der Waals surface area contributed by atoms with Gasteiger partial charge in [-0.25, -0.2) is 17.6 Å². The largest absolute Gasteiger partial charge is 0.478 e. The van der Waals surface area contributed by atoms with Gasteiger partial charge in [0, 0.05) is 37.3 Å². The number of benzene rings is 2. The summed E-state index contributed by atoms with van der Waals surface area (Å²) in [7, 11) is -2.52. The standard InChI is InChI=1S/C23H21FN3O6PS/c1-4-34-33-21-18-17(20(26(2)35(3,31)32)15-6-5-9-25-19(15)21)12-27(22(18)28)11-13-7-8-14(24)10-16(13)23(29)30/h4-10,34H,1,11-12H2,2-3H3,(H,29,30). The van der Waals surface area contributed by atoms with Gasteiger partial charge >= 0.3 is 5.97 Å². The molecule has 0 saturated heterocycles. The molecule has 182 valence electrons. The second-order valence-electron chi connectivity index (χ2n) is 7.85. The van der Waals surface area contributed by atoms with Crippen LogP contribution >= 0.6 is 8.81 Å². The molecule has 1 amide bonds. The Balaban J connectivity index is 1.92. The Hall–Kier alpha value is -3.56. The van der Waals surface area contributed by atoms with Crippen molar-refractivity contribution in [2.75, 3.05) is 17.6 Å². The van der Waals surface area contributed by atoms with Crippen LogP contribution in [-0.4, -0.2) is 48.6 Å². The van der Waals surface area contributed by atoms with Crippen molar-refractivity contribution in [3.05, 3.63) is 77.0 Å². The molecule has 4 rings (SSSR count). The zero-order valence-electron chi connectivity index (χ0n) is 18.8. The summed E-state index contributed by atoms with van der Waals surface area (Å²) >= 11 is 0. The van der Waals surface area contributed by atoms with E-state index in [-0.39, 0.29) is 50.0 Å². The number of pyridine rings is 1. The Labute approximate surface area is 202 Å². The maximum Gasteiger partial charge on any atom is 0.336 e. The molecule has 0 saturated carbocycles. The first-order valence-electron chi connectivity index (χ1n) is 10.3. The Morgan fingerprint density at radius 2 is 2.14 bits per heavy atom. The third-order valence-corrected chi connectivity index (χ3v) is 7.33. The Bertz CT molecular complexity index is 1490. The third kappa shape index (κ3) is 4.44. The number of amides is 1. The van der Waals surface area contributed by atoms with Crippen LogP contribution < -0.4 is 8.83 Å². The molecule has 0 spiro atoms. The zero-order chi connectivity index (χ0) is 25.5. The van der Waals surface area contributed by atoms with E-state index in [2.05, 4.69) is 11.6 Å². The van der Waals surface area contributed by atoms with Crippen LogP contribution in [0.3, 0.4) is 0 Å². The van der Waals surface area contributed by atoms with Gasteiger partial charge in [-0.15, -0.1) is 0 Å². The minimum Gasteiger partial charge on any atom is -0.478 e. The van der Waals surface area contributed by atoms with Gasteiger partial charge in [0.05, 0.1) is 31.9 Å². The van der Waals surface area contributed by atoms with Gasteiger partial charge in [0.25, 0.3) is 5.91 Å². The lowest BCUT2D eigenvalue weighted by Gasteiger charge is -2.23. The van der Waals surface area contributed by atoms with Crippen LogP contribution in [0.15, 0.2) is 48.9 Å². The smallest absolute Gasteiger partial charge is 0.336 e. The van der Waals surface area contributed by atoms with E-state index in [9.17, 15) is 27.5 Å². The van der Waals surface area contributed by atoms with Crippen molar-refractivity contribution in [1.29, 1.82) is 0 Å². The molecule has 1 unspecified atom stereocenters. The highest BCUT2D eigenvalue weighted by molar-refractivity contribution is 7.92. The van der Waals surface area contributed by atoms with Crippen LogP contribution in [0.25, 0.3) is 10.9 Å². The molecule has 1 aliphatic heterocycles. The van der Waals surface area contributed by atoms with Crippen molar-refractivity contribution < 1.29 is 32.0 Å². The van der Waals surface area contributed by atoms with Crippen molar-refractivity contribution in [3.8, 4) is 5.75 Å². The van der Waals surface area contributed by atoms with E-state index < -0.39 is 27.7 Å². The quantitative estimate of drug-likeness (QED) is 0.453. The summed E-state index contributed by atoms with van der Waals surface area (Å²) in [6.07, 6.45) is 2.56. The van der Waals surface area contributed by atoms with Crippen molar-refractivity contribution in [1.82, 2.24) is 9.88 Å². The number of carboxylic acid groups (broad SMARTS) is 1. The molecule has 1 aromatic heterocycles. The Morgan fingerprint density at radius 3 is 2.80 bits per heavy atom. The highest BCUT2D eigenvalue weighted by Gasteiger charge is 2.38. The average Bonchev–Trinajstić information content (AvgIpc) is 3.12. The lowest BCUT2D eigenvalue weighted by molar-refractivity contribution is 0.0685. The van der Waals surface area contributed by atoms with Crippen molar-refractivity contribution in [3.63, 3.8) is 0 Å². The number of hydrogen-bond donors (Lipinski definition) is 1. The van der Waals surface area contributed by atoms with Gasteiger partial charge < -0.3 is 14.5 Å². The van der Waals surface area contributed by atoms with E-state index in [1.165, 1.54) is 30.0 Å². The fourth-order valence-corrected chi connectivity index (χ4v) is 5.00. The van der Waals surface area contributed by atoms with Gasteiger partial charge in [-0.05, 0) is 35.6 Å². The van der Waals surface area contributed by atoms with Crippen LogP contribution in [0, 0.1) is 5.82 Å². The summed E-state index contributed by atoms with van der Waals surface area (Å²) in [6.45, 7) is 3.50. The summed E-state index contributed by atoms with van der Waals surface area (Å²) in [5.74, 6) is -0.790. The predicted octanol–water partition coefficient (Wildman–Crippen LogP) is 3.74. The molecule has 35 heavy (non-hydrogen) atoms. The molecule has 0 bridgehead atoms. The summed E-state index contributed by atoms with van der Waals surface area (Å²) in [5.41, 5.74) is 1.12. The Kier molecular flexibility index (Phi) is 6.48. The molecule has 9 nitrogen and oxygen atoms in total. The van der Waals surface area contributed by atoms with Crippen molar-refractivity contribution >= 4 is 47.3 Å². The molecule has 2 aromatic carbocycles. The number of aromatic nitrogens is 1. The van der Waals surface area contributed by atoms with Gasteiger partial charge in [-0.3, -0.25) is 14.1 Å². The molecule has 0 radical (unpaired) electrons. The second-order valence-corrected chi connectivity index (χ2v) is 10.7. The van der Waals surface area contributed by atoms with Crippen LogP contribution in [0.4, 0.5) is 10.1 Å². The summed E-state index contributed by atoms with van der Waals surface area (Å²) in [4.78, 5) is 31.0. The highest BCUT2D eigenvalue weighted by Crippen LogP contribution is 2.46. The topological polar surface area (TPSA) is 117 Å². The van der Waals surface area contributed by atoms with E-state index in [4.69, 9.17) is 4.52 Å². The number of nitrogens with zero attached hydrogens (tertiary/aromatic N) is 3. The SMILES string of the molecule is C=CPOc1c2c(c(N(C)S(C)(=O)=O)c3cccnc13)CN(Cc1ccc(F)cc1C(=O)O)C2=O. The molecular formula is C23H21FN3O6PS. The molecule has 12 heteroatoms. The zero-order valence-corrected chi connectivity index (χ0v) is 20.6. The van der Waals surface area contributed by atoms with E-state index in [1.54, 1.807) is 12.1 Å². The number of carboxylic acids is 1. The number of carbonyl (C=O) groups is 2. The molecular weight excluding hydrogens is 496 g/mol. The number of hydrogen-bond acceptors (Lipinski definition) is 6. The monoisotopic (exact) mass is 517 g/mol. The number of rotatable bonds is 8. The molecule has 3 aromatic rings. The molecule has 0 fully saturated rings. The van der Waals surface area contributed by atoms with Gasteiger partial charge in [-0.2, -0.15) is 0 Å². The van der Waals surface area contributed by atoms with Crippen LogP contribution in [-0.2, 0) is 23.1 Å². The van der Waals surface area contributed by atoms with E-state index in [0.717, 1.165) is 22.7 Å². The Morgan fingerprint density at radius 1 is 1.40 bits per heavy atom. The van der Waals surface area contributed by atoms with Gasteiger partial charge in [-0.1, -0.05) is 12.6 Å². The fourth-order valence-electron chi connectivity index (χ4n) is 4.06. The number of halogens is 1. The number of carbonyl (C=O) groups excluding carboxylic acids is 1. The highest BCUT2D eigenvalue weighted by atomic mass is 32.2. The van der Waals surface area contributed by atoms with E-state index in [1.807, 2.05) is 0 Å². The normalized spacial score (nSPS) is 13.5. The summed E-state index contributed by atoms with van der Waals surface area (Å²) in [5, 5.41) is 9.98. The van der Waals surface area contributed by atoms with Crippen LogP contribution in [0.1, 0.15) is 31.8 Å². The minimum atomic E-state index is -3.71. The van der Waals surface area contributed by atoms with Crippen molar-refractivity contribution in [2.45, 2.75) is 13.1 Å². The number of sulfonamides is 1. The van der Waals surface area contributed by atoms with E-state index >= 15 is 0 Å². The number of anilines is 1. The first-order valence-corrected chi connectivity index (χ1v) is 13.1. The van der Waals surface area contributed by atoms with E-state index in [0.29, 0.717) is 16.5 Å². The lowest BCUT2D eigenvalue weighted by Crippen LogP contribution is -2.27. The number of fused-ring (bicyclic) bond motifs is 2. The molecule has 0 aliphatic carbocycles. The molecule has 1 N–H and O–H groups in total. The first kappa shape index (κ1) is 24.6. The molecule has 1 aliphatic rings. The van der Waals surface area contributed by atoms with Gasteiger partial charge in [0.15, 0.2) is 5.75 Å². The summed E-state index contributed by atoms with van der Waals surface area (Å²) < 4.78 is 45.6. The van der Waals surface area contributed by atoms with Crippen LogP contribution in [0.5, 0.6) is 5.75 Å². The number of aromatic carboxylic acids is 1. The first-order chi connectivity index (χ1) is 16.5. The predicted molar refractivity (Wildman–Crippen MR) is 131 cm³/mol. The third-order valence-electron chi connectivity index (χ3n) is 5.66.